The largest absolute Gasteiger partial charge is 0.357 e. The molecule has 178 valence electrons. The van der Waals surface area contributed by atoms with Gasteiger partial charge in [0, 0.05) is 16.6 Å². The van der Waals surface area contributed by atoms with Crippen molar-refractivity contribution in [3.63, 3.8) is 0 Å². The highest BCUT2D eigenvalue weighted by Crippen LogP contribution is 2.49. The third kappa shape index (κ3) is 4.19. The molecule has 1 aliphatic heterocycles. The van der Waals surface area contributed by atoms with Gasteiger partial charge < -0.3 is 4.98 Å². The van der Waals surface area contributed by atoms with Crippen LogP contribution in [0.2, 0.25) is 0 Å². The number of benzene rings is 2. The minimum absolute atomic E-state index is 0.0185. The molecule has 2 heterocycles. The second-order valence-electron chi connectivity index (χ2n) is 10.1. The van der Waals surface area contributed by atoms with Crippen molar-refractivity contribution in [3.8, 4) is 0 Å². The molecular formula is C30H36N2O2. The van der Waals surface area contributed by atoms with Crippen molar-refractivity contribution in [2.45, 2.75) is 77.0 Å². The van der Waals surface area contributed by atoms with Gasteiger partial charge in [-0.3, -0.25) is 9.59 Å². The summed E-state index contributed by atoms with van der Waals surface area (Å²) < 4.78 is 0. The number of carbonyl (C=O) groups excluding carboxylic acids is 2. The van der Waals surface area contributed by atoms with E-state index < -0.39 is 5.92 Å². The van der Waals surface area contributed by atoms with Crippen molar-refractivity contribution < 1.29 is 9.59 Å². The number of hydrogen-bond donors (Lipinski definition) is 1. The first-order valence-electron chi connectivity index (χ1n) is 13.2. The zero-order chi connectivity index (χ0) is 23.5. The number of H-pyrrole nitrogens is 1. The van der Waals surface area contributed by atoms with Crippen LogP contribution in [0.5, 0.6) is 0 Å². The van der Waals surface area contributed by atoms with Crippen LogP contribution in [0.25, 0.3) is 10.9 Å². The van der Waals surface area contributed by atoms with E-state index >= 15 is 0 Å². The summed E-state index contributed by atoms with van der Waals surface area (Å²) >= 11 is 0. The van der Waals surface area contributed by atoms with E-state index in [4.69, 9.17) is 0 Å². The molecule has 1 aromatic heterocycles. The summed E-state index contributed by atoms with van der Waals surface area (Å²) in [5.41, 5.74) is 3.97. The Balaban J connectivity index is 1.38. The number of aromatic nitrogens is 1. The number of rotatable bonds is 10. The summed E-state index contributed by atoms with van der Waals surface area (Å²) in [5, 5.41) is 1.20. The quantitative estimate of drug-likeness (QED) is 0.260. The van der Waals surface area contributed by atoms with E-state index in [2.05, 4.69) is 30.1 Å². The Morgan fingerprint density at radius 2 is 1.50 bits per heavy atom. The van der Waals surface area contributed by atoms with Gasteiger partial charge in [0.25, 0.3) is 0 Å². The number of hydrogen-bond acceptors (Lipinski definition) is 2. The van der Waals surface area contributed by atoms with Gasteiger partial charge in [0.1, 0.15) is 0 Å². The number of aromatic amines is 1. The van der Waals surface area contributed by atoms with E-state index in [0.717, 1.165) is 30.5 Å². The van der Waals surface area contributed by atoms with Crippen LogP contribution in [-0.2, 0) is 16.0 Å². The van der Waals surface area contributed by atoms with Gasteiger partial charge in [-0.15, -0.1) is 0 Å². The van der Waals surface area contributed by atoms with Crippen molar-refractivity contribution in [2.24, 2.45) is 11.8 Å². The van der Waals surface area contributed by atoms with Gasteiger partial charge in [0.05, 0.1) is 17.5 Å². The van der Waals surface area contributed by atoms with Crippen LogP contribution in [0.4, 0.5) is 5.69 Å². The minimum Gasteiger partial charge on any atom is -0.357 e. The molecule has 2 aromatic carbocycles. The van der Waals surface area contributed by atoms with Crippen LogP contribution in [-0.4, -0.2) is 16.8 Å². The van der Waals surface area contributed by atoms with Crippen LogP contribution in [0.1, 0.15) is 81.9 Å². The monoisotopic (exact) mass is 456 g/mol. The molecule has 1 aliphatic carbocycles. The molecule has 3 atom stereocenters. The average Bonchev–Trinajstić information content (AvgIpc) is 3.36. The molecule has 1 fully saturated rings. The fourth-order valence-electron chi connectivity index (χ4n) is 6.22. The van der Waals surface area contributed by atoms with Crippen molar-refractivity contribution in [1.29, 1.82) is 0 Å². The molecule has 3 aromatic rings. The molecule has 2 aliphatic rings. The number of anilines is 1. The topological polar surface area (TPSA) is 53.2 Å². The van der Waals surface area contributed by atoms with Gasteiger partial charge in [-0.25, -0.2) is 4.90 Å². The second kappa shape index (κ2) is 10.2. The van der Waals surface area contributed by atoms with Gasteiger partial charge in [0.15, 0.2) is 0 Å². The van der Waals surface area contributed by atoms with E-state index in [1.165, 1.54) is 60.8 Å². The molecule has 1 N–H and O–H groups in total. The van der Waals surface area contributed by atoms with Crippen molar-refractivity contribution >= 4 is 28.4 Å². The number of carbonyl (C=O) groups is 2. The highest BCUT2D eigenvalue weighted by molar-refractivity contribution is 6.24. The van der Waals surface area contributed by atoms with E-state index in [9.17, 15) is 9.59 Å². The van der Waals surface area contributed by atoms with Crippen molar-refractivity contribution in [2.75, 3.05) is 4.90 Å². The number of fused-ring (bicyclic) bond motifs is 5. The lowest BCUT2D eigenvalue weighted by Gasteiger charge is -2.31. The maximum absolute atomic E-state index is 13.7. The molecule has 0 saturated carbocycles. The number of unbranched alkanes of at least 4 members (excludes halogenated alkanes) is 7. The van der Waals surface area contributed by atoms with Gasteiger partial charge in [-0.1, -0.05) is 94.7 Å². The first-order chi connectivity index (χ1) is 16.7. The molecule has 1 saturated heterocycles. The third-order valence-electron chi connectivity index (χ3n) is 7.93. The fraction of sp³-hybridized carbons (Fsp3) is 0.467. The second-order valence-corrected chi connectivity index (χ2v) is 10.1. The Morgan fingerprint density at radius 1 is 0.824 bits per heavy atom. The lowest BCUT2D eigenvalue weighted by molar-refractivity contribution is -0.123. The summed E-state index contributed by atoms with van der Waals surface area (Å²) in [7, 11) is 0. The van der Waals surface area contributed by atoms with Crippen molar-refractivity contribution in [1.82, 2.24) is 4.98 Å². The summed E-state index contributed by atoms with van der Waals surface area (Å²) in [4.78, 5) is 32.4. The van der Waals surface area contributed by atoms with Gasteiger partial charge >= 0.3 is 0 Å². The van der Waals surface area contributed by atoms with Gasteiger partial charge in [-0.05, 0) is 42.5 Å². The Kier molecular flexibility index (Phi) is 6.85. The third-order valence-corrected chi connectivity index (χ3v) is 7.93. The maximum atomic E-state index is 13.7. The first-order valence-corrected chi connectivity index (χ1v) is 13.2. The first kappa shape index (κ1) is 22.9. The van der Waals surface area contributed by atoms with E-state index in [1.54, 1.807) is 0 Å². The van der Waals surface area contributed by atoms with E-state index in [1.807, 2.05) is 36.4 Å². The van der Waals surface area contributed by atoms with Crippen LogP contribution in [0.3, 0.4) is 0 Å². The highest BCUT2D eigenvalue weighted by atomic mass is 16.2. The number of nitrogens with zero attached hydrogens (tertiary/aromatic N) is 1. The summed E-state index contributed by atoms with van der Waals surface area (Å²) in [5.74, 6) is -0.549. The standard InChI is InChI=1S/C30H36N2O2/c1-2-3-4-5-6-7-8-10-15-21-20-24-23-18-13-14-19-25(23)31-28(24)27-26(21)29(33)32(30(27)34)22-16-11-9-12-17-22/h9,11-14,16-19,21,26-27,31H,2-8,10,15,20H2,1H3/t21-,26-,27-/m1/s1. The molecule has 2 amide bonds. The molecule has 0 bridgehead atoms. The zero-order valence-corrected chi connectivity index (χ0v) is 20.3. The van der Waals surface area contributed by atoms with E-state index in [-0.39, 0.29) is 23.7 Å². The highest BCUT2D eigenvalue weighted by Gasteiger charge is 2.55. The molecule has 5 rings (SSSR count). The average molecular weight is 457 g/mol. The fourth-order valence-corrected chi connectivity index (χ4v) is 6.22. The molecule has 0 spiro atoms. The Hall–Kier alpha value is -2.88. The van der Waals surface area contributed by atoms with Crippen LogP contribution >= 0.6 is 0 Å². The Morgan fingerprint density at radius 3 is 2.26 bits per heavy atom. The molecule has 34 heavy (non-hydrogen) atoms. The lowest BCUT2D eigenvalue weighted by Crippen LogP contribution is -2.33. The molecule has 4 heteroatoms. The summed E-state index contributed by atoms with van der Waals surface area (Å²) in [6.07, 6.45) is 12.1. The summed E-state index contributed by atoms with van der Waals surface area (Å²) in [6, 6.07) is 17.8. The Bertz CT molecular complexity index is 1150. The minimum atomic E-state index is -0.400. The van der Waals surface area contributed by atoms with Gasteiger partial charge in [0.2, 0.25) is 11.8 Å². The number of amides is 2. The predicted octanol–water partition coefficient (Wildman–Crippen LogP) is 7.14. The van der Waals surface area contributed by atoms with Crippen molar-refractivity contribution in [3.05, 3.63) is 65.9 Å². The normalized spacial score (nSPS) is 21.8. The number of para-hydroxylation sites is 2. The number of nitrogens with one attached hydrogen (secondary N) is 1. The smallest absolute Gasteiger partial charge is 0.243 e. The lowest BCUT2D eigenvalue weighted by atomic mass is 9.70. The molecule has 0 radical (unpaired) electrons. The molecule has 0 unspecified atom stereocenters. The van der Waals surface area contributed by atoms with Crippen LogP contribution in [0, 0.1) is 11.8 Å². The van der Waals surface area contributed by atoms with Crippen LogP contribution < -0.4 is 4.90 Å². The maximum Gasteiger partial charge on any atom is 0.243 e. The van der Waals surface area contributed by atoms with Crippen LogP contribution in [0.15, 0.2) is 54.6 Å². The molecular weight excluding hydrogens is 420 g/mol. The molecule has 4 nitrogen and oxygen atoms in total. The Labute approximate surface area is 202 Å². The number of imide groups is 1. The SMILES string of the molecule is CCCCCCCCCC[C@@H]1Cc2c([nH]c3ccccc23)[C@@H]2C(=O)N(c3ccccc3)C(=O)[C@H]12. The predicted molar refractivity (Wildman–Crippen MR) is 138 cm³/mol. The summed E-state index contributed by atoms with van der Waals surface area (Å²) in [6.45, 7) is 2.25. The van der Waals surface area contributed by atoms with E-state index in [0.29, 0.717) is 5.69 Å². The zero-order valence-electron chi connectivity index (χ0n) is 20.3. The van der Waals surface area contributed by atoms with Gasteiger partial charge in [-0.2, -0.15) is 0 Å².